The van der Waals surface area contributed by atoms with Crippen LogP contribution in [0.15, 0.2) is 23.4 Å². The minimum absolute atomic E-state index is 0.162. The first kappa shape index (κ1) is 15.6. The third kappa shape index (κ3) is 4.62. The number of rotatable bonds is 5. The second kappa shape index (κ2) is 6.65. The Morgan fingerprint density at radius 1 is 1.37 bits per heavy atom. The van der Waals surface area contributed by atoms with Crippen LogP contribution in [0.3, 0.4) is 0 Å². The fourth-order valence-electron chi connectivity index (χ4n) is 1.38. The molecule has 0 radical (unpaired) electrons. The number of amides is 1. The average Bonchev–Trinajstić information content (AvgIpc) is 2.37. The zero-order chi connectivity index (χ0) is 14.5. The Bertz CT molecular complexity index is 477. The fourth-order valence-corrected chi connectivity index (χ4v) is 1.86. The van der Waals surface area contributed by atoms with E-state index in [0.29, 0.717) is 16.5 Å². The van der Waals surface area contributed by atoms with Crippen LogP contribution in [0.5, 0.6) is 0 Å². The Hall–Kier alpha value is -1.44. The molecule has 1 aromatic rings. The molecule has 4 nitrogen and oxygen atoms in total. The zero-order valence-electron chi connectivity index (χ0n) is 9.63. The SMILES string of the molecule is O=Nc1cc(CCNC(=O)C(F)(F)F)ccc1CBr. The molecule has 1 rings (SSSR count). The summed E-state index contributed by atoms with van der Waals surface area (Å²) >= 11 is 3.19. The van der Waals surface area contributed by atoms with Crippen LogP contribution in [0.2, 0.25) is 0 Å². The van der Waals surface area contributed by atoms with Crippen molar-refractivity contribution >= 4 is 27.5 Å². The number of hydrogen-bond acceptors (Lipinski definition) is 3. The maximum Gasteiger partial charge on any atom is 0.471 e. The smallest absolute Gasteiger partial charge is 0.348 e. The number of nitrogens with zero attached hydrogens (tertiary/aromatic N) is 1. The van der Waals surface area contributed by atoms with E-state index in [1.165, 1.54) is 6.07 Å². The molecule has 0 saturated carbocycles. The molecule has 0 heterocycles. The molecule has 8 heteroatoms. The van der Waals surface area contributed by atoms with Crippen LogP contribution in [0.1, 0.15) is 11.1 Å². The lowest BCUT2D eigenvalue weighted by atomic mass is 10.1. The minimum Gasteiger partial charge on any atom is -0.348 e. The van der Waals surface area contributed by atoms with Crippen molar-refractivity contribution in [2.45, 2.75) is 17.9 Å². The molecule has 0 bridgehead atoms. The van der Waals surface area contributed by atoms with Crippen molar-refractivity contribution in [3.63, 3.8) is 0 Å². The van der Waals surface area contributed by atoms with Crippen LogP contribution in [0.4, 0.5) is 18.9 Å². The number of nitrogens with one attached hydrogen (secondary N) is 1. The first-order valence-corrected chi connectivity index (χ1v) is 6.36. The summed E-state index contributed by atoms with van der Waals surface area (Å²) < 4.78 is 35.8. The van der Waals surface area contributed by atoms with Gasteiger partial charge < -0.3 is 5.32 Å². The van der Waals surface area contributed by atoms with Crippen LogP contribution < -0.4 is 5.32 Å². The normalized spacial score (nSPS) is 11.2. The lowest BCUT2D eigenvalue weighted by Gasteiger charge is -2.08. The molecule has 0 spiro atoms. The van der Waals surface area contributed by atoms with Gasteiger partial charge in [0.25, 0.3) is 0 Å². The van der Waals surface area contributed by atoms with Gasteiger partial charge in [-0.2, -0.15) is 13.2 Å². The highest BCUT2D eigenvalue weighted by Gasteiger charge is 2.38. The van der Waals surface area contributed by atoms with E-state index >= 15 is 0 Å². The monoisotopic (exact) mass is 338 g/mol. The molecular formula is C11H10BrF3N2O2. The summed E-state index contributed by atoms with van der Waals surface area (Å²) in [6.45, 7) is -0.162. The Balaban J connectivity index is 2.59. The van der Waals surface area contributed by atoms with Crippen LogP contribution in [0, 0.1) is 4.91 Å². The van der Waals surface area contributed by atoms with E-state index in [-0.39, 0.29) is 18.7 Å². The van der Waals surface area contributed by atoms with Gasteiger partial charge >= 0.3 is 12.1 Å². The zero-order valence-corrected chi connectivity index (χ0v) is 11.2. The molecule has 0 atom stereocenters. The number of carbonyl (C=O) groups is 1. The molecule has 0 aliphatic rings. The summed E-state index contributed by atoms with van der Waals surface area (Å²) in [5.41, 5.74) is 1.55. The minimum atomic E-state index is -4.88. The van der Waals surface area contributed by atoms with Crippen LogP contribution in [-0.2, 0) is 16.5 Å². The lowest BCUT2D eigenvalue weighted by molar-refractivity contribution is -0.173. The summed E-state index contributed by atoms with van der Waals surface area (Å²) in [5.74, 6) is -1.97. The van der Waals surface area contributed by atoms with Gasteiger partial charge in [-0.15, -0.1) is 4.91 Å². The number of benzene rings is 1. The Morgan fingerprint density at radius 2 is 2.05 bits per heavy atom. The summed E-state index contributed by atoms with van der Waals surface area (Å²) in [6, 6.07) is 4.82. The molecule has 0 unspecified atom stereocenters. The summed E-state index contributed by atoms with van der Waals surface area (Å²) in [4.78, 5) is 21.1. The predicted molar refractivity (Wildman–Crippen MR) is 67.3 cm³/mol. The van der Waals surface area contributed by atoms with E-state index in [0.717, 1.165) is 0 Å². The van der Waals surface area contributed by atoms with E-state index < -0.39 is 12.1 Å². The van der Waals surface area contributed by atoms with Gasteiger partial charge in [-0.1, -0.05) is 28.1 Å². The topological polar surface area (TPSA) is 58.5 Å². The Labute approximate surface area is 115 Å². The van der Waals surface area contributed by atoms with Crippen LogP contribution >= 0.6 is 15.9 Å². The molecule has 1 amide bonds. The third-order valence-corrected chi connectivity index (χ3v) is 2.95. The molecular weight excluding hydrogens is 329 g/mol. The van der Waals surface area contributed by atoms with Gasteiger partial charge in [-0.05, 0) is 28.8 Å². The van der Waals surface area contributed by atoms with E-state index in [9.17, 15) is 22.9 Å². The van der Waals surface area contributed by atoms with Crippen molar-refractivity contribution in [3.8, 4) is 0 Å². The number of carbonyl (C=O) groups excluding carboxylic acids is 1. The predicted octanol–water partition coefficient (Wildman–Crippen LogP) is 3.20. The van der Waals surface area contributed by atoms with E-state index in [1.54, 1.807) is 17.4 Å². The Morgan fingerprint density at radius 3 is 2.58 bits per heavy atom. The van der Waals surface area contributed by atoms with Crippen molar-refractivity contribution in [2.75, 3.05) is 6.54 Å². The highest BCUT2D eigenvalue weighted by molar-refractivity contribution is 9.08. The molecule has 0 aliphatic carbocycles. The summed E-state index contributed by atoms with van der Waals surface area (Å²) in [5, 5.41) is 5.05. The standard InChI is InChI=1S/C11H10BrF3N2O2/c12-6-8-2-1-7(5-9(8)17-19)3-4-16-10(18)11(13,14)15/h1-2,5H,3-4,6H2,(H,16,18). The molecule has 1 aromatic carbocycles. The summed E-state index contributed by atoms with van der Waals surface area (Å²) in [7, 11) is 0. The molecule has 0 saturated heterocycles. The average molecular weight is 339 g/mol. The largest absolute Gasteiger partial charge is 0.471 e. The number of nitroso groups, excluding NO2 is 1. The van der Waals surface area contributed by atoms with Crippen molar-refractivity contribution in [3.05, 3.63) is 34.2 Å². The van der Waals surface area contributed by atoms with E-state index in [4.69, 9.17) is 0 Å². The van der Waals surface area contributed by atoms with E-state index in [1.807, 2.05) is 0 Å². The first-order chi connectivity index (χ1) is 8.88. The maximum atomic E-state index is 11.9. The molecule has 104 valence electrons. The van der Waals surface area contributed by atoms with Crippen molar-refractivity contribution < 1.29 is 18.0 Å². The van der Waals surface area contributed by atoms with Gasteiger partial charge in [0.05, 0.1) is 0 Å². The number of alkyl halides is 4. The quantitative estimate of drug-likeness (QED) is 0.662. The molecule has 1 N–H and O–H groups in total. The van der Waals surface area contributed by atoms with Gasteiger partial charge in [0.2, 0.25) is 0 Å². The van der Waals surface area contributed by atoms with Gasteiger partial charge in [-0.3, -0.25) is 4.79 Å². The highest BCUT2D eigenvalue weighted by atomic mass is 79.9. The van der Waals surface area contributed by atoms with E-state index in [2.05, 4.69) is 21.1 Å². The van der Waals surface area contributed by atoms with Crippen LogP contribution in [-0.4, -0.2) is 18.6 Å². The third-order valence-electron chi connectivity index (χ3n) is 2.35. The van der Waals surface area contributed by atoms with Gasteiger partial charge in [-0.25, -0.2) is 0 Å². The fraction of sp³-hybridized carbons (Fsp3) is 0.364. The second-order valence-electron chi connectivity index (χ2n) is 3.69. The molecule has 0 aromatic heterocycles. The summed E-state index contributed by atoms with van der Waals surface area (Å²) in [6.07, 6.45) is -4.69. The lowest BCUT2D eigenvalue weighted by Crippen LogP contribution is -2.37. The second-order valence-corrected chi connectivity index (χ2v) is 4.25. The van der Waals surface area contributed by atoms with Crippen LogP contribution in [0.25, 0.3) is 0 Å². The highest BCUT2D eigenvalue weighted by Crippen LogP contribution is 2.23. The van der Waals surface area contributed by atoms with Gasteiger partial charge in [0.15, 0.2) is 0 Å². The molecule has 19 heavy (non-hydrogen) atoms. The molecule has 0 aliphatic heterocycles. The van der Waals surface area contributed by atoms with Gasteiger partial charge in [0.1, 0.15) is 5.69 Å². The number of hydrogen-bond donors (Lipinski definition) is 1. The first-order valence-electron chi connectivity index (χ1n) is 5.24. The molecule has 0 fully saturated rings. The van der Waals surface area contributed by atoms with Crippen molar-refractivity contribution in [1.29, 1.82) is 0 Å². The van der Waals surface area contributed by atoms with Crippen molar-refractivity contribution in [2.24, 2.45) is 5.18 Å². The maximum absolute atomic E-state index is 11.9. The Kier molecular flexibility index (Phi) is 5.46. The number of halogens is 4. The van der Waals surface area contributed by atoms with Gasteiger partial charge in [0, 0.05) is 11.9 Å². The van der Waals surface area contributed by atoms with Crippen molar-refractivity contribution in [1.82, 2.24) is 5.32 Å².